The Hall–Kier alpha value is -0.530. The van der Waals surface area contributed by atoms with E-state index in [1.165, 1.54) is 89.9 Å². The predicted molar refractivity (Wildman–Crippen MR) is 96.3 cm³/mol. The van der Waals surface area contributed by atoms with Crippen molar-refractivity contribution in [3.63, 3.8) is 0 Å². The van der Waals surface area contributed by atoms with Crippen LogP contribution in [0.2, 0.25) is 0 Å². The first-order valence-electron chi connectivity index (χ1n) is 9.88. The Kier molecular flexibility index (Phi) is 16.4. The van der Waals surface area contributed by atoms with Gasteiger partial charge in [0.2, 0.25) is 0 Å². The van der Waals surface area contributed by atoms with E-state index in [2.05, 4.69) is 13.8 Å². The Morgan fingerprint density at radius 2 is 1.14 bits per heavy atom. The van der Waals surface area contributed by atoms with Gasteiger partial charge in [-0.15, -0.1) is 0 Å². The largest absolute Gasteiger partial charge is 0.481 e. The van der Waals surface area contributed by atoms with Crippen molar-refractivity contribution in [3.8, 4) is 0 Å². The molecule has 132 valence electrons. The van der Waals surface area contributed by atoms with Gasteiger partial charge in [-0.1, -0.05) is 104 Å². The molecular weight excluding hydrogens is 272 g/mol. The minimum Gasteiger partial charge on any atom is -0.481 e. The third-order valence-corrected chi connectivity index (χ3v) is 4.65. The fraction of sp³-hybridized carbons (Fsp3) is 0.950. The lowest BCUT2D eigenvalue weighted by Crippen LogP contribution is -2.01. The van der Waals surface area contributed by atoms with Crippen LogP contribution in [0.15, 0.2) is 0 Å². The molecule has 0 aliphatic rings. The molecule has 0 saturated carbocycles. The summed E-state index contributed by atoms with van der Waals surface area (Å²) in [4.78, 5) is 10.5. The number of carbonyl (C=O) groups is 1. The van der Waals surface area contributed by atoms with Crippen LogP contribution in [-0.2, 0) is 4.79 Å². The summed E-state index contributed by atoms with van der Waals surface area (Å²) < 4.78 is 0. The highest BCUT2D eigenvalue weighted by atomic mass is 16.4. The van der Waals surface area contributed by atoms with Crippen LogP contribution < -0.4 is 0 Å². The van der Waals surface area contributed by atoms with Gasteiger partial charge in [-0.2, -0.15) is 0 Å². The summed E-state index contributed by atoms with van der Waals surface area (Å²) in [6, 6.07) is 0. The molecule has 0 aliphatic carbocycles. The zero-order chi connectivity index (χ0) is 16.5. The molecule has 0 aromatic carbocycles. The van der Waals surface area contributed by atoms with Gasteiger partial charge in [0.1, 0.15) is 0 Å². The molecule has 1 N–H and O–H groups in total. The molecule has 0 saturated heterocycles. The van der Waals surface area contributed by atoms with E-state index in [-0.39, 0.29) is 0 Å². The van der Waals surface area contributed by atoms with Crippen molar-refractivity contribution in [1.82, 2.24) is 0 Å². The first-order valence-corrected chi connectivity index (χ1v) is 9.88. The number of aliphatic carboxylic acids is 1. The average Bonchev–Trinajstić information content (AvgIpc) is 2.49. The van der Waals surface area contributed by atoms with Gasteiger partial charge >= 0.3 is 5.97 Å². The first-order chi connectivity index (χ1) is 10.7. The monoisotopic (exact) mass is 312 g/mol. The van der Waals surface area contributed by atoms with Crippen LogP contribution in [0.4, 0.5) is 0 Å². The second kappa shape index (κ2) is 16.8. The third kappa shape index (κ3) is 17.5. The number of hydrogen-bond acceptors (Lipinski definition) is 1. The van der Waals surface area contributed by atoms with E-state index in [0.29, 0.717) is 12.3 Å². The highest BCUT2D eigenvalue weighted by Crippen LogP contribution is 2.17. The van der Waals surface area contributed by atoms with Gasteiger partial charge in [0, 0.05) is 6.42 Å². The quantitative estimate of drug-likeness (QED) is 0.294. The smallest absolute Gasteiger partial charge is 0.303 e. The lowest BCUT2D eigenvalue weighted by Gasteiger charge is -2.09. The maximum absolute atomic E-state index is 10.5. The summed E-state index contributed by atoms with van der Waals surface area (Å²) in [5.41, 5.74) is 0. The fourth-order valence-corrected chi connectivity index (χ4v) is 3.02. The third-order valence-electron chi connectivity index (χ3n) is 4.65. The van der Waals surface area contributed by atoms with Crippen LogP contribution in [0, 0.1) is 5.92 Å². The summed E-state index contributed by atoms with van der Waals surface area (Å²) in [7, 11) is 0. The van der Waals surface area contributed by atoms with Crippen molar-refractivity contribution in [1.29, 1.82) is 0 Å². The molecule has 22 heavy (non-hydrogen) atoms. The minimum atomic E-state index is -0.655. The van der Waals surface area contributed by atoms with Gasteiger partial charge in [-0.05, 0) is 12.3 Å². The second-order valence-corrected chi connectivity index (χ2v) is 7.07. The number of hydrogen-bond donors (Lipinski definition) is 1. The first kappa shape index (κ1) is 21.5. The van der Waals surface area contributed by atoms with Gasteiger partial charge < -0.3 is 5.11 Å². The second-order valence-electron chi connectivity index (χ2n) is 7.07. The number of unbranched alkanes of at least 4 members (excludes halogenated alkanes) is 12. The van der Waals surface area contributed by atoms with Crippen LogP contribution in [0.1, 0.15) is 117 Å². The summed E-state index contributed by atoms with van der Waals surface area (Å²) in [5.74, 6) is -0.0824. The fourth-order valence-electron chi connectivity index (χ4n) is 3.02. The Labute approximate surface area is 139 Å². The van der Waals surface area contributed by atoms with Crippen LogP contribution in [0.3, 0.4) is 0 Å². The van der Waals surface area contributed by atoms with E-state index in [0.717, 1.165) is 6.42 Å². The lowest BCUT2D eigenvalue weighted by molar-refractivity contribution is -0.137. The van der Waals surface area contributed by atoms with E-state index in [1.54, 1.807) is 0 Å². The van der Waals surface area contributed by atoms with E-state index >= 15 is 0 Å². The van der Waals surface area contributed by atoms with E-state index < -0.39 is 5.97 Å². The van der Waals surface area contributed by atoms with Gasteiger partial charge in [0.15, 0.2) is 0 Å². The molecule has 0 bridgehead atoms. The van der Waals surface area contributed by atoms with Crippen molar-refractivity contribution in [2.24, 2.45) is 5.92 Å². The van der Waals surface area contributed by atoms with Crippen molar-refractivity contribution >= 4 is 5.97 Å². The Morgan fingerprint density at radius 1 is 0.727 bits per heavy atom. The molecule has 0 aromatic heterocycles. The van der Waals surface area contributed by atoms with Crippen molar-refractivity contribution < 1.29 is 9.90 Å². The topological polar surface area (TPSA) is 37.3 Å². The molecule has 0 rings (SSSR count). The molecule has 0 aliphatic heterocycles. The zero-order valence-corrected chi connectivity index (χ0v) is 15.2. The van der Waals surface area contributed by atoms with E-state index in [4.69, 9.17) is 5.11 Å². The molecule has 0 fully saturated rings. The van der Waals surface area contributed by atoms with Gasteiger partial charge in [-0.25, -0.2) is 0 Å². The molecule has 1 atom stereocenters. The summed E-state index contributed by atoms with van der Waals surface area (Å²) in [6.45, 7) is 4.46. The van der Waals surface area contributed by atoms with E-state index in [9.17, 15) is 4.79 Å². The molecule has 2 nitrogen and oxygen atoms in total. The molecule has 2 heteroatoms. The SMILES string of the molecule is CCCCCCCCCCCCCCCC(C)CCC(=O)O. The van der Waals surface area contributed by atoms with Crippen molar-refractivity contribution in [2.75, 3.05) is 0 Å². The van der Waals surface area contributed by atoms with Crippen LogP contribution in [0.5, 0.6) is 0 Å². The molecule has 0 aromatic rings. The summed E-state index contributed by atoms with van der Waals surface area (Å²) in [5, 5.41) is 8.65. The molecule has 0 amide bonds. The lowest BCUT2D eigenvalue weighted by atomic mass is 9.97. The Bertz CT molecular complexity index is 238. The normalized spacial score (nSPS) is 12.5. The highest BCUT2D eigenvalue weighted by molar-refractivity contribution is 5.66. The average molecular weight is 313 g/mol. The highest BCUT2D eigenvalue weighted by Gasteiger charge is 2.05. The molecule has 0 spiro atoms. The standard InChI is InChI=1S/C20H40O2/c1-3-4-5-6-7-8-9-10-11-12-13-14-15-16-19(2)17-18-20(21)22/h19H,3-18H2,1-2H3,(H,21,22). The molecular formula is C20H40O2. The maximum atomic E-state index is 10.5. The van der Waals surface area contributed by atoms with Gasteiger partial charge in [0.05, 0.1) is 0 Å². The number of carboxylic acid groups (broad SMARTS) is 1. The predicted octanol–water partition coefficient (Wildman–Crippen LogP) is 6.97. The molecule has 0 radical (unpaired) electrons. The van der Waals surface area contributed by atoms with Crippen LogP contribution >= 0.6 is 0 Å². The number of rotatable bonds is 17. The maximum Gasteiger partial charge on any atom is 0.303 e. The van der Waals surface area contributed by atoms with Crippen LogP contribution in [-0.4, -0.2) is 11.1 Å². The van der Waals surface area contributed by atoms with E-state index in [1.807, 2.05) is 0 Å². The van der Waals surface area contributed by atoms with Crippen LogP contribution in [0.25, 0.3) is 0 Å². The van der Waals surface area contributed by atoms with Gasteiger partial charge in [-0.3, -0.25) is 4.79 Å². The number of carboxylic acids is 1. The molecule has 0 heterocycles. The Morgan fingerprint density at radius 3 is 1.55 bits per heavy atom. The van der Waals surface area contributed by atoms with Crippen molar-refractivity contribution in [3.05, 3.63) is 0 Å². The molecule has 1 unspecified atom stereocenters. The summed E-state index contributed by atoms with van der Waals surface area (Å²) in [6.07, 6.45) is 20.5. The van der Waals surface area contributed by atoms with Crippen molar-refractivity contribution in [2.45, 2.75) is 117 Å². The van der Waals surface area contributed by atoms with Gasteiger partial charge in [0.25, 0.3) is 0 Å². The Balaban J connectivity index is 3.09. The zero-order valence-electron chi connectivity index (χ0n) is 15.2. The summed E-state index contributed by atoms with van der Waals surface area (Å²) >= 11 is 0. The minimum absolute atomic E-state index is 0.333.